The summed E-state index contributed by atoms with van der Waals surface area (Å²) in [7, 11) is 1.46. The average Bonchev–Trinajstić information content (AvgIpc) is 2.81. The molecule has 35 heavy (non-hydrogen) atoms. The molecule has 2 amide bonds. The van der Waals surface area contributed by atoms with Crippen LogP contribution in [0.5, 0.6) is 5.75 Å². The average molecular weight is 475 g/mol. The van der Waals surface area contributed by atoms with Crippen LogP contribution in [0.4, 0.5) is 21.6 Å². The van der Waals surface area contributed by atoms with Crippen molar-refractivity contribution in [1.82, 2.24) is 14.9 Å². The van der Waals surface area contributed by atoms with Crippen molar-refractivity contribution in [3.63, 3.8) is 0 Å². The first-order valence-corrected chi connectivity index (χ1v) is 11.0. The molecule has 0 saturated carbocycles. The maximum atomic E-state index is 14.5. The lowest BCUT2D eigenvalue weighted by Gasteiger charge is -2.35. The number of carbonyl (C=O) groups is 3. The number of benzene rings is 2. The first-order chi connectivity index (χ1) is 16.7. The Hall–Kier alpha value is -4.34. The molecule has 3 aromatic rings. The van der Waals surface area contributed by atoms with Crippen LogP contribution in [-0.2, 0) is 27.2 Å². The Bertz CT molecular complexity index is 1380. The molecule has 2 aromatic carbocycles. The highest BCUT2D eigenvalue weighted by Crippen LogP contribution is 2.37. The van der Waals surface area contributed by atoms with Crippen LogP contribution in [0.1, 0.15) is 23.9 Å². The number of fused-ring (bicyclic) bond motifs is 2. The molecule has 1 aromatic heterocycles. The van der Waals surface area contributed by atoms with Gasteiger partial charge in [0.1, 0.15) is 11.6 Å². The molecule has 0 saturated heterocycles. The summed E-state index contributed by atoms with van der Waals surface area (Å²) in [6, 6.07) is 12.1. The molecular weight excluding hydrogens is 453 g/mol. The molecule has 0 unspecified atom stereocenters. The van der Waals surface area contributed by atoms with Gasteiger partial charge in [-0.1, -0.05) is 24.3 Å². The lowest BCUT2D eigenvalue weighted by molar-refractivity contribution is -0.154. The highest BCUT2D eigenvalue weighted by molar-refractivity contribution is 6.15. The van der Waals surface area contributed by atoms with Gasteiger partial charge in [0.15, 0.2) is 17.4 Å². The summed E-state index contributed by atoms with van der Waals surface area (Å²) in [5, 5.41) is 5.59. The SMILES string of the molecule is CN1CC(=O)Cc2cccc(c2)Cc2ncc(F)c(n2)Nc2ccc3c(c2)NC(=O)[C@@](C)(O3)C1=O. The fourth-order valence-electron chi connectivity index (χ4n) is 4.17. The second-order valence-corrected chi connectivity index (χ2v) is 8.78. The largest absolute Gasteiger partial charge is 0.466 e. The normalized spacial score (nSPS) is 19.9. The lowest BCUT2D eigenvalue weighted by Crippen LogP contribution is -2.59. The summed E-state index contributed by atoms with van der Waals surface area (Å²) in [6.07, 6.45) is 1.52. The van der Waals surface area contributed by atoms with E-state index in [0.717, 1.165) is 17.3 Å². The number of Topliss-reactive ketones (excluding diaryl/α,β-unsaturated/α-hetero) is 1. The van der Waals surface area contributed by atoms with Gasteiger partial charge >= 0.3 is 0 Å². The van der Waals surface area contributed by atoms with E-state index in [4.69, 9.17) is 4.74 Å². The van der Waals surface area contributed by atoms with Gasteiger partial charge in [-0.3, -0.25) is 14.4 Å². The third kappa shape index (κ3) is 4.30. The zero-order chi connectivity index (χ0) is 24.7. The van der Waals surface area contributed by atoms with Crippen molar-refractivity contribution in [2.75, 3.05) is 24.2 Å². The van der Waals surface area contributed by atoms with Crippen molar-refractivity contribution in [2.45, 2.75) is 25.4 Å². The molecule has 9 nitrogen and oxygen atoms in total. The van der Waals surface area contributed by atoms with Crippen LogP contribution >= 0.6 is 0 Å². The number of aromatic nitrogens is 2. The molecule has 8 bridgehead atoms. The van der Waals surface area contributed by atoms with E-state index in [0.29, 0.717) is 23.6 Å². The van der Waals surface area contributed by atoms with Crippen molar-refractivity contribution in [3.05, 3.63) is 71.4 Å². The maximum absolute atomic E-state index is 14.5. The van der Waals surface area contributed by atoms with Crippen molar-refractivity contribution in [3.8, 4) is 5.75 Å². The van der Waals surface area contributed by atoms with Gasteiger partial charge in [0.2, 0.25) is 0 Å². The molecule has 2 N–H and O–H groups in total. The number of ether oxygens (including phenoxy) is 1. The standard InChI is InChI=1S/C25H22FN5O4/c1-25-23(33)29-19-11-16(6-7-20(19)35-25)28-22-18(26)12-27-21(30-22)10-15-5-3-4-14(8-15)9-17(32)13-31(2)24(25)34/h3-8,11-12H,9-10,13H2,1-2H3,(H,29,33)(H,27,28,30)/t25-/m1/s1. The van der Waals surface area contributed by atoms with Gasteiger partial charge in [0.05, 0.1) is 18.4 Å². The Morgan fingerprint density at radius 3 is 2.63 bits per heavy atom. The van der Waals surface area contributed by atoms with Crippen LogP contribution in [-0.4, -0.2) is 51.7 Å². The molecular formula is C25H22FN5O4. The van der Waals surface area contributed by atoms with Crippen LogP contribution in [0.15, 0.2) is 48.7 Å². The van der Waals surface area contributed by atoms with Gasteiger partial charge in [-0.2, -0.15) is 0 Å². The number of nitrogens with zero attached hydrogens (tertiary/aromatic N) is 3. The van der Waals surface area contributed by atoms with E-state index >= 15 is 0 Å². The Kier molecular flexibility index (Phi) is 5.43. The first kappa shape index (κ1) is 22.5. The molecule has 7 rings (SSSR count). The Balaban J connectivity index is 1.58. The summed E-state index contributed by atoms with van der Waals surface area (Å²) in [5.41, 5.74) is 0.525. The summed E-state index contributed by atoms with van der Waals surface area (Å²) in [4.78, 5) is 48.4. The Labute approximate surface area is 200 Å². The van der Waals surface area contributed by atoms with Crippen LogP contribution in [0.25, 0.3) is 0 Å². The number of hydrogen-bond acceptors (Lipinski definition) is 7. The lowest BCUT2D eigenvalue weighted by atomic mass is 10.00. The summed E-state index contributed by atoms with van der Waals surface area (Å²) in [5.74, 6) is -1.52. The zero-order valence-corrected chi connectivity index (χ0v) is 19.1. The molecule has 0 aliphatic carbocycles. The fourth-order valence-corrected chi connectivity index (χ4v) is 4.17. The molecule has 5 heterocycles. The maximum Gasteiger partial charge on any atom is 0.278 e. The number of nitrogens with one attached hydrogen (secondary N) is 2. The molecule has 0 fully saturated rings. The summed E-state index contributed by atoms with van der Waals surface area (Å²) in [6.45, 7) is 1.18. The number of rotatable bonds is 0. The number of likely N-dealkylation sites (N-methyl/N-ethyl adjacent to an activating group) is 1. The van der Waals surface area contributed by atoms with Gasteiger partial charge < -0.3 is 20.3 Å². The van der Waals surface area contributed by atoms with Gasteiger partial charge in [0.25, 0.3) is 17.4 Å². The Morgan fingerprint density at radius 1 is 1.06 bits per heavy atom. The van der Waals surface area contributed by atoms with Gasteiger partial charge in [-0.05, 0) is 36.2 Å². The molecule has 4 aliphatic heterocycles. The predicted molar refractivity (Wildman–Crippen MR) is 125 cm³/mol. The first-order valence-electron chi connectivity index (χ1n) is 11.0. The molecule has 10 heteroatoms. The summed E-state index contributed by atoms with van der Waals surface area (Å²) < 4.78 is 20.3. The minimum Gasteiger partial charge on any atom is -0.466 e. The van der Waals surface area contributed by atoms with E-state index in [-0.39, 0.29) is 30.3 Å². The minimum atomic E-state index is -1.85. The highest BCUT2D eigenvalue weighted by atomic mass is 19.1. The third-order valence-corrected chi connectivity index (χ3v) is 5.96. The molecule has 0 radical (unpaired) electrons. The van der Waals surface area contributed by atoms with E-state index in [9.17, 15) is 18.8 Å². The van der Waals surface area contributed by atoms with E-state index in [1.807, 2.05) is 24.3 Å². The van der Waals surface area contributed by atoms with Crippen LogP contribution < -0.4 is 15.4 Å². The highest BCUT2D eigenvalue weighted by Gasteiger charge is 2.49. The van der Waals surface area contributed by atoms with Crippen molar-refractivity contribution < 1.29 is 23.5 Å². The molecule has 178 valence electrons. The number of amides is 2. The monoisotopic (exact) mass is 475 g/mol. The molecule has 4 aliphatic rings. The van der Waals surface area contributed by atoms with Crippen LogP contribution in [0, 0.1) is 5.82 Å². The van der Waals surface area contributed by atoms with E-state index in [1.54, 1.807) is 18.2 Å². The number of ketones is 1. The molecule has 1 atom stereocenters. The smallest absolute Gasteiger partial charge is 0.278 e. The summed E-state index contributed by atoms with van der Waals surface area (Å²) >= 11 is 0. The number of hydrogen-bond donors (Lipinski definition) is 2. The molecule has 0 spiro atoms. The van der Waals surface area contributed by atoms with Crippen molar-refractivity contribution >= 4 is 34.8 Å². The topological polar surface area (TPSA) is 114 Å². The van der Waals surface area contributed by atoms with E-state index < -0.39 is 23.2 Å². The minimum absolute atomic E-state index is 0.0242. The fraction of sp³-hybridized carbons (Fsp3) is 0.240. The zero-order valence-electron chi connectivity index (χ0n) is 19.1. The van der Waals surface area contributed by atoms with Gasteiger partial charge in [-0.15, -0.1) is 0 Å². The quantitative estimate of drug-likeness (QED) is 0.481. The van der Waals surface area contributed by atoms with Crippen molar-refractivity contribution in [1.29, 1.82) is 0 Å². The van der Waals surface area contributed by atoms with Gasteiger partial charge in [0, 0.05) is 25.6 Å². The number of halogens is 1. The third-order valence-electron chi connectivity index (χ3n) is 5.96. The van der Waals surface area contributed by atoms with Gasteiger partial charge in [-0.25, -0.2) is 14.4 Å². The van der Waals surface area contributed by atoms with Crippen molar-refractivity contribution in [2.24, 2.45) is 0 Å². The number of anilines is 3. The Morgan fingerprint density at radius 2 is 1.83 bits per heavy atom. The van der Waals surface area contributed by atoms with Crippen LogP contribution in [0.3, 0.4) is 0 Å². The predicted octanol–water partition coefficient (Wildman–Crippen LogP) is 2.62. The van der Waals surface area contributed by atoms with E-state index in [1.165, 1.54) is 18.9 Å². The second kappa shape index (κ2) is 8.46. The van der Waals surface area contributed by atoms with Crippen LogP contribution in [0.2, 0.25) is 0 Å². The number of carbonyl (C=O) groups excluding carboxylic acids is 3. The van der Waals surface area contributed by atoms with E-state index in [2.05, 4.69) is 20.6 Å². The second-order valence-electron chi connectivity index (χ2n) is 8.78.